The van der Waals surface area contributed by atoms with Crippen LogP contribution in [0.4, 0.5) is 0 Å². The Morgan fingerprint density at radius 2 is 1.14 bits per heavy atom. The lowest BCUT2D eigenvalue weighted by Crippen LogP contribution is -2.34. The van der Waals surface area contributed by atoms with Crippen molar-refractivity contribution in [1.82, 2.24) is 4.90 Å². The van der Waals surface area contributed by atoms with E-state index in [-0.39, 0.29) is 0 Å². The number of nitrogens with zero attached hydrogens (tertiary/aromatic N) is 1. The summed E-state index contributed by atoms with van der Waals surface area (Å²) in [5.74, 6) is 0.882. The minimum Gasteiger partial charge on any atom is -0.342 e. The first kappa shape index (κ1) is 26.1. The summed E-state index contributed by atoms with van der Waals surface area (Å²) in [6.45, 7) is 6.41. The third kappa shape index (κ3) is 14.6. The predicted molar refractivity (Wildman–Crippen MR) is 130 cm³/mol. The Morgan fingerprint density at radius 1 is 0.690 bits per heavy atom. The molecule has 0 unspecified atom stereocenters. The molecule has 0 saturated heterocycles. The molecule has 0 saturated carbocycles. The lowest BCUT2D eigenvalue weighted by molar-refractivity contribution is -0.128. The third-order valence-corrected chi connectivity index (χ3v) is 6.52. The van der Waals surface area contributed by atoms with Gasteiger partial charge in [0.05, 0.1) is 5.75 Å². The van der Waals surface area contributed by atoms with Crippen molar-refractivity contribution in [2.75, 3.05) is 18.8 Å². The second-order valence-electron chi connectivity index (χ2n) is 8.23. The van der Waals surface area contributed by atoms with Gasteiger partial charge in [-0.25, -0.2) is 0 Å². The van der Waals surface area contributed by atoms with Gasteiger partial charge in [-0.2, -0.15) is 0 Å². The van der Waals surface area contributed by atoms with Crippen LogP contribution in [-0.4, -0.2) is 29.6 Å². The molecule has 0 N–H and O–H groups in total. The van der Waals surface area contributed by atoms with Crippen molar-refractivity contribution in [2.24, 2.45) is 0 Å². The minimum absolute atomic E-state index is 0.316. The smallest absolute Gasteiger partial charge is 0.232 e. The molecule has 166 valence electrons. The number of thioether (sulfide) groups is 1. The Hall–Kier alpha value is -0.960. The maximum Gasteiger partial charge on any atom is 0.232 e. The quantitative estimate of drug-likeness (QED) is 0.167. The van der Waals surface area contributed by atoms with E-state index in [0.717, 1.165) is 25.9 Å². The van der Waals surface area contributed by atoms with Crippen molar-refractivity contribution in [1.29, 1.82) is 0 Å². The predicted octanol–water partition coefficient (Wildman–Crippen LogP) is 8.11. The number of benzene rings is 1. The fraction of sp³-hybridized carbons (Fsp3) is 0.731. The van der Waals surface area contributed by atoms with E-state index in [1.165, 1.54) is 81.9 Å². The molecule has 0 radical (unpaired) electrons. The Balaban J connectivity index is 2.31. The van der Waals surface area contributed by atoms with Crippen molar-refractivity contribution in [3.8, 4) is 0 Å². The van der Waals surface area contributed by atoms with Crippen LogP contribution < -0.4 is 0 Å². The van der Waals surface area contributed by atoms with Crippen LogP contribution >= 0.6 is 11.8 Å². The maximum absolute atomic E-state index is 12.8. The van der Waals surface area contributed by atoms with E-state index in [9.17, 15) is 4.79 Å². The molecule has 1 rings (SSSR count). The number of amides is 1. The van der Waals surface area contributed by atoms with Crippen LogP contribution in [0.3, 0.4) is 0 Å². The standard InChI is InChI=1S/C26H45NOS/c1-3-5-7-9-11-13-18-22-27(23-19-14-12-10-8-6-4-2)26(28)24-29-25-20-16-15-17-21-25/h15-17,20-21H,3-14,18-19,22-24H2,1-2H3. The fourth-order valence-corrected chi connectivity index (χ4v) is 4.46. The van der Waals surface area contributed by atoms with Crippen molar-refractivity contribution in [3.63, 3.8) is 0 Å². The second kappa shape index (κ2) is 19.0. The summed E-state index contributed by atoms with van der Waals surface area (Å²) < 4.78 is 0. The third-order valence-electron chi connectivity index (χ3n) is 5.52. The summed E-state index contributed by atoms with van der Waals surface area (Å²) in [6, 6.07) is 10.3. The Labute approximate surface area is 185 Å². The maximum atomic E-state index is 12.8. The van der Waals surface area contributed by atoms with Gasteiger partial charge in [-0.05, 0) is 25.0 Å². The highest BCUT2D eigenvalue weighted by molar-refractivity contribution is 8.00. The molecule has 1 aromatic rings. The van der Waals surface area contributed by atoms with Crippen LogP contribution in [0.5, 0.6) is 0 Å². The zero-order valence-electron chi connectivity index (χ0n) is 19.2. The molecule has 0 aromatic heterocycles. The molecular weight excluding hydrogens is 374 g/mol. The molecule has 3 heteroatoms. The van der Waals surface area contributed by atoms with E-state index in [4.69, 9.17) is 0 Å². The van der Waals surface area contributed by atoms with Gasteiger partial charge in [-0.15, -0.1) is 11.8 Å². The molecular formula is C26H45NOS. The number of hydrogen-bond acceptors (Lipinski definition) is 2. The second-order valence-corrected chi connectivity index (χ2v) is 9.27. The zero-order chi connectivity index (χ0) is 21.0. The average molecular weight is 420 g/mol. The molecule has 0 fully saturated rings. The Kier molecular flexibility index (Phi) is 17.1. The summed E-state index contributed by atoms with van der Waals surface area (Å²) >= 11 is 1.67. The van der Waals surface area contributed by atoms with Gasteiger partial charge in [0.25, 0.3) is 0 Å². The molecule has 0 heterocycles. The summed E-state index contributed by atoms with van der Waals surface area (Å²) in [4.78, 5) is 16.2. The van der Waals surface area contributed by atoms with Gasteiger partial charge in [0.15, 0.2) is 0 Å². The van der Waals surface area contributed by atoms with Gasteiger partial charge < -0.3 is 4.90 Å². The van der Waals surface area contributed by atoms with E-state index >= 15 is 0 Å². The van der Waals surface area contributed by atoms with E-state index in [2.05, 4.69) is 30.9 Å². The van der Waals surface area contributed by atoms with Gasteiger partial charge in [0.1, 0.15) is 0 Å². The highest BCUT2D eigenvalue weighted by Crippen LogP contribution is 2.18. The highest BCUT2D eigenvalue weighted by atomic mass is 32.2. The largest absolute Gasteiger partial charge is 0.342 e. The van der Waals surface area contributed by atoms with E-state index < -0.39 is 0 Å². The van der Waals surface area contributed by atoms with Crippen molar-refractivity contribution in [3.05, 3.63) is 30.3 Å². The molecule has 1 amide bonds. The van der Waals surface area contributed by atoms with Gasteiger partial charge in [-0.1, -0.05) is 109 Å². The van der Waals surface area contributed by atoms with Gasteiger partial charge in [0, 0.05) is 18.0 Å². The number of carbonyl (C=O) groups excluding carboxylic acids is 1. The topological polar surface area (TPSA) is 20.3 Å². The average Bonchev–Trinajstić information content (AvgIpc) is 2.75. The number of unbranched alkanes of at least 4 members (excludes halogenated alkanes) is 12. The summed E-state index contributed by atoms with van der Waals surface area (Å²) in [6.07, 6.45) is 18.2. The van der Waals surface area contributed by atoms with Crippen LogP contribution in [-0.2, 0) is 4.79 Å². The van der Waals surface area contributed by atoms with Crippen molar-refractivity contribution < 1.29 is 4.79 Å². The first-order chi connectivity index (χ1) is 14.3. The summed E-state index contributed by atoms with van der Waals surface area (Å²) in [5.41, 5.74) is 0. The monoisotopic (exact) mass is 419 g/mol. The molecule has 2 nitrogen and oxygen atoms in total. The molecule has 0 spiro atoms. The first-order valence-electron chi connectivity index (χ1n) is 12.2. The van der Waals surface area contributed by atoms with Gasteiger partial charge in [-0.3, -0.25) is 4.79 Å². The van der Waals surface area contributed by atoms with Gasteiger partial charge in [0.2, 0.25) is 5.91 Å². The van der Waals surface area contributed by atoms with E-state index in [0.29, 0.717) is 11.7 Å². The Morgan fingerprint density at radius 3 is 1.62 bits per heavy atom. The summed E-state index contributed by atoms with van der Waals surface area (Å²) in [7, 11) is 0. The highest BCUT2D eigenvalue weighted by Gasteiger charge is 2.13. The zero-order valence-corrected chi connectivity index (χ0v) is 20.0. The van der Waals surface area contributed by atoms with Crippen LogP contribution in [0.1, 0.15) is 104 Å². The number of hydrogen-bond donors (Lipinski definition) is 0. The van der Waals surface area contributed by atoms with Crippen molar-refractivity contribution >= 4 is 17.7 Å². The van der Waals surface area contributed by atoms with Crippen LogP contribution in [0.15, 0.2) is 35.2 Å². The lowest BCUT2D eigenvalue weighted by atomic mass is 10.1. The van der Waals surface area contributed by atoms with E-state index in [1.54, 1.807) is 11.8 Å². The lowest BCUT2D eigenvalue weighted by Gasteiger charge is -2.23. The number of rotatable bonds is 19. The molecule has 0 aliphatic heterocycles. The molecule has 1 aromatic carbocycles. The minimum atomic E-state index is 0.316. The van der Waals surface area contributed by atoms with Crippen LogP contribution in [0, 0.1) is 0 Å². The van der Waals surface area contributed by atoms with Crippen molar-refractivity contribution in [2.45, 2.75) is 109 Å². The van der Waals surface area contributed by atoms with E-state index in [1.807, 2.05) is 18.2 Å². The Bertz CT molecular complexity index is 473. The van der Waals surface area contributed by atoms with Crippen LogP contribution in [0.2, 0.25) is 0 Å². The normalized spacial score (nSPS) is 11.0. The molecule has 29 heavy (non-hydrogen) atoms. The number of carbonyl (C=O) groups is 1. The molecule has 0 aliphatic rings. The van der Waals surface area contributed by atoms with Gasteiger partial charge >= 0.3 is 0 Å². The SMILES string of the molecule is CCCCCCCCCN(CCCCCCCCC)C(=O)CSc1ccccc1. The van der Waals surface area contributed by atoms with Crippen LogP contribution in [0.25, 0.3) is 0 Å². The molecule has 0 atom stereocenters. The first-order valence-corrected chi connectivity index (χ1v) is 13.2. The summed E-state index contributed by atoms with van der Waals surface area (Å²) in [5, 5.41) is 0. The molecule has 0 aliphatic carbocycles. The fourth-order valence-electron chi connectivity index (χ4n) is 3.63. The molecule has 0 bridgehead atoms.